The zero-order chi connectivity index (χ0) is 17.1. The largest absolute Gasteiger partial charge is 0.341 e. The normalized spacial score (nSPS) is 16.8. The molecule has 6 nitrogen and oxygen atoms in total. The van der Waals surface area contributed by atoms with E-state index in [9.17, 15) is 14.4 Å². The number of carbonyl (C=O) groups excluding carboxylic acids is 3. The third-order valence-electron chi connectivity index (χ3n) is 4.16. The van der Waals surface area contributed by atoms with Crippen molar-refractivity contribution in [2.75, 3.05) is 7.05 Å². The SMILES string of the molecule is CN(Cc1ccc2ccccc2c1)C(=O)CC[C@@H]1NC(=O)NC1=O. The van der Waals surface area contributed by atoms with Crippen molar-refractivity contribution in [2.24, 2.45) is 0 Å². The molecule has 0 saturated carbocycles. The Hall–Kier alpha value is -2.89. The average Bonchev–Trinajstić information content (AvgIpc) is 2.90. The quantitative estimate of drug-likeness (QED) is 0.823. The van der Waals surface area contributed by atoms with Crippen LogP contribution in [0.5, 0.6) is 0 Å². The van der Waals surface area contributed by atoms with Gasteiger partial charge in [0.2, 0.25) is 5.91 Å². The molecule has 4 amide bonds. The van der Waals surface area contributed by atoms with Crippen molar-refractivity contribution in [3.8, 4) is 0 Å². The van der Waals surface area contributed by atoms with Gasteiger partial charge in [-0.15, -0.1) is 0 Å². The van der Waals surface area contributed by atoms with Gasteiger partial charge in [0.05, 0.1) is 0 Å². The molecule has 1 heterocycles. The molecule has 2 N–H and O–H groups in total. The molecule has 0 spiro atoms. The van der Waals surface area contributed by atoms with Crippen LogP contribution in [-0.2, 0) is 16.1 Å². The highest BCUT2D eigenvalue weighted by atomic mass is 16.2. The number of benzene rings is 2. The molecule has 1 saturated heterocycles. The molecule has 1 aliphatic heterocycles. The Labute approximate surface area is 139 Å². The molecule has 1 atom stereocenters. The van der Waals surface area contributed by atoms with Gasteiger partial charge in [0.15, 0.2) is 0 Å². The van der Waals surface area contributed by atoms with Gasteiger partial charge >= 0.3 is 6.03 Å². The molecule has 0 radical (unpaired) electrons. The second kappa shape index (κ2) is 6.70. The van der Waals surface area contributed by atoms with E-state index in [-0.39, 0.29) is 18.2 Å². The molecule has 24 heavy (non-hydrogen) atoms. The van der Waals surface area contributed by atoms with E-state index in [0.717, 1.165) is 10.9 Å². The van der Waals surface area contributed by atoms with Gasteiger partial charge in [-0.3, -0.25) is 14.9 Å². The van der Waals surface area contributed by atoms with Gasteiger partial charge in [-0.2, -0.15) is 0 Å². The van der Waals surface area contributed by atoms with E-state index in [1.807, 2.05) is 30.3 Å². The number of nitrogens with one attached hydrogen (secondary N) is 2. The maximum Gasteiger partial charge on any atom is 0.322 e. The van der Waals surface area contributed by atoms with E-state index in [2.05, 4.69) is 22.8 Å². The maximum absolute atomic E-state index is 12.2. The van der Waals surface area contributed by atoms with Crippen molar-refractivity contribution in [3.63, 3.8) is 0 Å². The van der Waals surface area contributed by atoms with Gasteiger partial charge in [0.25, 0.3) is 5.91 Å². The summed E-state index contributed by atoms with van der Waals surface area (Å²) in [7, 11) is 1.74. The lowest BCUT2D eigenvalue weighted by atomic mass is 10.1. The number of hydrogen-bond donors (Lipinski definition) is 2. The summed E-state index contributed by atoms with van der Waals surface area (Å²) in [6.45, 7) is 0.507. The van der Waals surface area contributed by atoms with Gasteiger partial charge in [0.1, 0.15) is 6.04 Å². The highest BCUT2D eigenvalue weighted by molar-refractivity contribution is 6.04. The number of urea groups is 1. The summed E-state index contributed by atoms with van der Waals surface area (Å²) in [6.07, 6.45) is 0.515. The van der Waals surface area contributed by atoms with Crippen LogP contribution in [0, 0.1) is 0 Å². The number of nitrogens with zero attached hydrogens (tertiary/aromatic N) is 1. The van der Waals surface area contributed by atoms with Crippen molar-refractivity contribution in [1.29, 1.82) is 0 Å². The van der Waals surface area contributed by atoms with Crippen molar-refractivity contribution in [3.05, 3.63) is 48.0 Å². The number of amides is 4. The lowest BCUT2D eigenvalue weighted by molar-refractivity contribution is -0.130. The molecule has 124 valence electrons. The molecule has 0 unspecified atom stereocenters. The molecule has 3 rings (SSSR count). The Bertz CT molecular complexity index is 803. The van der Waals surface area contributed by atoms with Crippen LogP contribution in [0.2, 0.25) is 0 Å². The Morgan fingerprint density at radius 1 is 1.12 bits per heavy atom. The van der Waals surface area contributed by atoms with E-state index in [1.54, 1.807) is 11.9 Å². The van der Waals surface area contributed by atoms with E-state index in [1.165, 1.54) is 5.39 Å². The van der Waals surface area contributed by atoms with Gasteiger partial charge in [0, 0.05) is 20.0 Å². The number of imide groups is 1. The fourth-order valence-electron chi connectivity index (χ4n) is 2.82. The zero-order valence-corrected chi connectivity index (χ0v) is 13.4. The van der Waals surface area contributed by atoms with Crippen molar-refractivity contribution < 1.29 is 14.4 Å². The predicted molar refractivity (Wildman–Crippen MR) is 90.1 cm³/mol. The average molecular weight is 325 g/mol. The van der Waals surface area contributed by atoms with Crippen LogP contribution >= 0.6 is 0 Å². The molecule has 0 aliphatic carbocycles. The van der Waals surface area contributed by atoms with Crippen LogP contribution in [-0.4, -0.2) is 35.8 Å². The van der Waals surface area contributed by atoms with E-state index >= 15 is 0 Å². The first-order valence-electron chi connectivity index (χ1n) is 7.86. The summed E-state index contributed by atoms with van der Waals surface area (Å²) in [4.78, 5) is 36.4. The third kappa shape index (κ3) is 3.53. The summed E-state index contributed by atoms with van der Waals surface area (Å²) in [5, 5.41) is 6.97. The minimum atomic E-state index is -0.615. The highest BCUT2D eigenvalue weighted by Gasteiger charge is 2.29. The van der Waals surface area contributed by atoms with Crippen LogP contribution in [0.15, 0.2) is 42.5 Å². The Balaban J connectivity index is 1.57. The Morgan fingerprint density at radius 3 is 2.58 bits per heavy atom. The van der Waals surface area contributed by atoms with E-state index in [4.69, 9.17) is 0 Å². The van der Waals surface area contributed by atoms with Gasteiger partial charge in [-0.1, -0.05) is 36.4 Å². The lowest BCUT2D eigenvalue weighted by Gasteiger charge is -2.18. The number of carbonyl (C=O) groups is 3. The second-order valence-electron chi connectivity index (χ2n) is 5.99. The van der Waals surface area contributed by atoms with E-state index in [0.29, 0.717) is 13.0 Å². The minimum Gasteiger partial charge on any atom is -0.341 e. The molecule has 2 aromatic carbocycles. The lowest BCUT2D eigenvalue weighted by Crippen LogP contribution is -2.32. The first-order chi connectivity index (χ1) is 11.5. The fourth-order valence-corrected chi connectivity index (χ4v) is 2.82. The number of fused-ring (bicyclic) bond motifs is 1. The van der Waals surface area contributed by atoms with E-state index < -0.39 is 12.1 Å². The van der Waals surface area contributed by atoms with Crippen LogP contribution in [0.3, 0.4) is 0 Å². The molecule has 0 aromatic heterocycles. The zero-order valence-electron chi connectivity index (χ0n) is 13.4. The molecular weight excluding hydrogens is 306 g/mol. The number of rotatable bonds is 5. The first kappa shape index (κ1) is 16.0. The molecule has 2 aromatic rings. The first-order valence-corrected chi connectivity index (χ1v) is 7.86. The van der Waals surface area contributed by atoms with Crippen molar-refractivity contribution >= 4 is 28.6 Å². The topological polar surface area (TPSA) is 78.5 Å². The van der Waals surface area contributed by atoms with Gasteiger partial charge < -0.3 is 10.2 Å². The molecule has 6 heteroatoms. The highest BCUT2D eigenvalue weighted by Crippen LogP contribution is 2.17. The van der Waals surface area contributed by atoms with Crippen LogP contribution < -0.4 is 10.6 Å². The van der Waals surface area contributed by atoms with Crippen molar-refractivity contribution in [2.45, 2.75) is 25.4 Å². The third-order valence-corrected chi connectivity index (χ3v) is 4.16. The summed E-state index contributed by atoms with van der Waals surface area (Å²) >= 11 is 0. The van der Waals surface area contributed by atoms with Crippen molar-refractivity contribution in [1.82, 2.24) is 15.5 Å². The molecule has 1 fully saturated rings. The maximum atomic E-state index is 12.2. The van der Waals surface area contributed by atoms with Gasteiger partial charge in [-0.25, -0.2) is 4.79 Å². The minimum absolute atomic E-state index is 0.0582. The standard InChI is InChI=1S/C18H19N3O3/c1-21(16(22)9-8-15-17(23)20-18(24)19-15)11-12-6-7-13-4-2-3-5-14(13)10-12/h2-7,10,15H,8-9,11H2,1H3,(H2,19,20,23,24)/t15-/m0/s1. The monoisotopic (exact) mass is 325 g/mol. The predicted octanol–water partition coefficient (Wildman–Crippen LogP) is 1.79. The summed E-state index contributed by atoms with van der Waals surface area (Å²) in [5.74, 6) is -0.429. The Morgan fingerprint density at radius 2 is 1.88 bits per heavy atom. The molecular formula is C18H19N3O3. The van der Waals surface area contributed by atoms with Crippen LogP contribution in [0.25, 0.3) is 10.8 Å². The Kier molecular flexibility index (Phi) is 4.46. The fraction of sp³-hybridized carbons (Fsp3) is 0.278. The smallest absolute Gasteiger partial charge is 0.322 e. The number of hydrogen-bond acceptors (Lipinski definition) is 3. The summed E-state index contributed by atoms with van der Waals surface area (Å²) in [6, 6.07) is 13.1. The van der Waals surface area contributed by atoms with Crippen LogP contribution in [0.1, 0.15) is 18.4 Å². The summed E-state index contributed by atoms with van der Waals surface area (Å²) < 4.78 is 0. The molecule has 0 bridgehead atoms. The second-order valence-corrected chi connectivity index (χ2v) is 5.99. The summed E-state index contributed by atoms with van der Waals surface area (Å²) in [5.41, 5.74) is 1.05. The molecule has 1 aliphatic rings. The van der Waals surface area contributed by atoms with Gasteiger partial charge in [-0.05, 0) is 28.8 Å². The van der Waals surface area contributed by atoms with Crippen LogP contribution in [0.4, 0.5) is 4.79 Å².